The molecule has 1 aromatic rings. The molecule has 3 rings (SSSR count). The Morgan fingerprint density at radius 1 is 1.20 bits per heavy atom. The smallest absolute Gasteiger partial charge is 0.348 e. The van der Waals surface area contributed by atoms with Crippen LogP contribution >= 0.6 is 12.4 Å². The molecule has 0 aromatic heterocycles. The standard InChI is InChI=1S/C17H20F4N2O.ClH/c18-13-9-11(17(19,20)21)6-7-12(13)15(10-4-5-10)23-16(24)14-3-1-2-8-22-14;/h6-7,9-10,14-15,22H,1-5,8H2,(H,23,24);1H/t14-,15?;/m1./s1. The van der Waals surface area contributed by atoms with Gasteiger partial charge >= 0.3 is 6.18 Å². The third-order valence-electron chi connectivity index (χ3n) is 4.68. The van der Waals surface area contributed by atoms with E-state index < -0.39 is 23.6 Å². The fourth-order valence-corrected chi connectivity index (χ4v) is 3.16. The van der Waals surface area contributed by atoms with Gasteiger partial charge in [-0.2, -0.15) is 13.2 Å². The SMILES string of the molecule is Cl.O=C(NC(c1ccc(C(F)(F)F)cc1F)C1CC1)[C@H]1CCCCN1. The summed E-state index contributed by atoms with van der Waals surface area (Å²) in [6.07, 6.45) is -0.216. The molecule has 1 unspecified atom stereocenters. The second kappa shape index (κ2) is 7.91. The molecule has 1 aliphatic heterocycles. The van der Waals surface area contributed by atoms with Crippen LogP contribution in [0.25, 0.3) is 0 Å². The molecule has 1 saturated carbocycles. The average molecular weight is 381 g/mol. The van der Waals surface area contributed by atoms with Crippen LogP contribution in [0.15, 0.2) is 18.2 Å². The van der Waals surface area contributed by atoms with Crippen molar-refractivity contribution in [3.63, 3.8) is 0 Å². The Bertz CT molecular complexity index is 613. The van der Waals surface area contributed by atoms with Crippen molar-refractivity contribution in [2.45, 2.75) is 50.4 Å². The summed E-state index contributed by atoms with van der Waals surface area (Å²) < 4.78 is 52.3. The van der Waals surface area contributed by atoms with Gasteiger partial charge in [0.1, 0.15) is 5.82 Å². The largest absolute Gasteiger partial charge is 0.416 e. The number of carbonyl (C=O) groups is 1. The van der Waals surface area contributed by atoms with Crippen LogP contribution in [0.5, 0.6) is 0 Å². The van der Waals surface area contributed by atoms with Gasteiger partial charge in [0, 0.05) is 5.56 Å². The lowest BCUT2D eigenvalue weighted by molar-refractivity contribution is -0.137. The minimum absolute atomic E-state index is 0. The molecule has 1 aromatic carbocycles. The van der Waals surface area contributed by atoms with Crippen molar-refractivity contribution < 1.29 is 22.4 Å². The predicted molar refractivity (Wildman–Crippen MR) is 87.9 cm³/mol. The van der Waals surface area contributed by atoms with E-state index in [4.69, 9.17) is 0 Å². The number of hydrogen-bond acceptors (Lipinski definition) is 2. The topological polar surface area (TPSA) is 41.1 Å². The Hall–Kier alpha value is -1.34. The summed E-state index contributed by atoms with van der Waals surface area (Å²) in [5.41, 5.74) is -0.881. The molecular weight excluding hydrogens is 360 g/mol. The second-order valence-electron chi connectivity index (χ2n) is 6.56. The van der Waals surface area contributed by atoms with Crippen molar-refractivity contribution >= 4 is 18.3 Å². The van der Waals surface area contributed by atoms with Gasteiger partial charge < -0.3 is 10.6 Å². The molecule has 2 N–H and O–H groups in total. The van der Waals surface area contributed by atoms with Gasteiger partial charge in [0.2, 0.25) is 5.91 Å². The average Bonchev–Trinajstić information content (AvgIpc) is 3.37. The maximum atomic E-state index is 14.2. The summed E-state index contributed by atoms with van der Waals surface area (Å²) in [5.74, 6) is -1.03. The van der Waals surface area contributed by atoms with Crippen molar-refractivity contribution in [1.29, 1.82) is 0 Å². The van der Waals surface area contributed by atoms with Crippen LogP contribution in [0.2, 0.25) is 0 Å². The Morgan fingerprint density at radius 3 is 2.44 bits per heavy atom. The third-order valence-corrected chi connectivity index (χ3v) is 4.68. The first-order chi connectivity index (χ1) is 11.4. The monoisotopic (exact) mass is 380 g/mol. The molecule has 1 saturated heterocycles. The highest BCUT2D eigenvalue weighted by atomic mass is 35.5. The normalized spacial score (nSPS) is 22.0. The highest BCUT2D eigenvalue weighted by Gasteiger charge is 2.38. The molecule has 2 atom stereocenters. The molecule has 2 aliphatic rings. The van der Waals surface area contributed by atoms with Crippen LogP contribution in [0, 0.1) is 11.7 Å². The molecular formula is C17H21ClF4N2O. The first-order valence-corrected chi connectivity index (χ1v) is 8.26. The highest BCUT2D eigenvalue weighted by Crippen LogP contribution is 2.42. The van der Waals surface area contributed by atoms with Crippen molar-refractivity contribution in [3.8, 4) is 0 Å². The van der Waals surface area contributed by atoms with Gasteiger partial charge in [0.25, 0.3) is 0 Å². The van der Waals surface area contributed by atoms with Crippen LogP contribution in [-0.2, 0) is 11.0 Å². The number of alkyl halides is 3. The van der Waals surface area contributed by atoms with E-state index >= 15 is 0 Å². The second-order valence-corrected chi connectivity index (χ2v) is 6.56. The fourth-order valence-electron chi connectivity index (χ4n) is 3.16. The van der Waals surface area contributed by atoms with Gasteiger partial charge in [-0.3, -0.25) is 4.79 Å². The Kier molecular flexibility index (Phi) is 6.32. The number of nitrogens with one attached hydrogen (secondary N) is 2. The maximum Gasteiger partial charge on any atom is 0.416 e. The zero-order chi connectivity index (χ0) is 17.3. The van der Waals surface area contributed by atoms with E-state index in [-0.39, 0.29) is 35.8 Å². The van der Waals surface area contributed by atoms with Gasteiger partial charge in [-0.15, -0.1) is 12.4 Å². The fraction of sp³-hybridized carbons (Fsp3) is 0.588. The van der Waals surface area contributed by atoms with E-state index in [1.807, 2.05) is 0 Å². The number of hydrogen-bond donors (Lipinski definition) is 2. The zero-order valence-corrected chi connectivity index (χ0v) is 14.4. The zero-order valence-electron chi connectivity index (χ0n) is 13.5. The molecule has 1 aliphatic carbocycles. The summed E-state index contributed by atoms with van der Waals surface area (Å²) >= 11 is 0. The Balaban J connectivity index is 0.00000225. The van der Waals surface area contributed by atoms with Gasteiger partial charge in [-0.25, -0.2) is 4.39 Å². The number of rotatable bonds is 4. The van der Waals surface area contributed by atoms with Gasteiger partial charge in [-0.05, 0) is 50.3 Å². The molecule has 0 radical (unpaired) electrons. The lowest BCUT2D eigenvalue weighted by atomic mass is 9.98. The van der Waals surface area contributed by atoms with Crippen LogP contribution < -0.4 is 10.6 Å². The van der Waals surface area contributed by atoms with E-state index in [2.05, 4.69) is 10.6 Å². The lowest BCUT2D eigenvalue weighted by Gasteiger charge is -2.26. The summed E-state index contributed by atoms with van der Waals surface area (Å²) in [4.78, 5) is 12.4. The molecule has 0 bridgehead atoms. The van der Waals surface area contributed by atoms with E-state index in [1.54, 1.807) is 0 Å². The molecule has 140 valence electrons. The van der Waals surface area contributed by atoms with Crippen molar-refractivity contribution in [1.82, 2.24) is 10.6 Å². The lowest BCUT2D eigenvalue weighted by Crippen LogP contribution is -2.48. The van der Waals surface area contributed by atoms with E-state index in [0.29, 0.717) is 6.07 Å². The van der Waals surface area contributed by atoms with E-state index in [9.17, 15) is 22.4 Å². The number of benzene rings is 1. The minimum Gasteiger partial charge on any atom is -0.348 e. The predicted octanol–water partition coefficient (Wildman–Crippen LogP) is 3.98. The molecule has 3 nitrogen and oxygen atoms in total. The summed E-state index contributed by atoms with van der Waals surface area (Å²) in [5, 5.41) is 5.97. The van der Waals surface area contributed by atoms with Crippen LogP contribution in [0.4, 0.5) is 17.6 Å². The molecule has 8 heteroatoms. The number of halogens is 5. The molecule has 1 heterocycles. The van der Waals surface area contributed by atoms with Crippen LogP contribution in [-0.4, -0.2) is 18.5 Å². The summed E-state index contributed by atoms with van der Waals surface area (Å²) in [7, 11) is 0. The quantitative estimate of drug-likeness (QED) is 0.776. The summed E-state index contributed by atoms with van der Waals surface area (Å²) in [6, 6.07) is 1.66. The Morgan fingerprint density at radius 2 is 1.92 bits per heavy atom. The molecule has 25 heavy (non-hydrogen) atoms. The van der Waals surface area contributed by atoms with Crippen molar-refractivity contribution in [2.75, 3.05) is 6.54 Å². The first kappa shape index (κ1) is 20.0. The highest BCUT2D eigenvalue weighted by molar-refractivity contribution is 5.85. The third kappa shape index (κ3) is 4.85. The minimum atomic E-state index is -4.58. The summed E-state index contributed by atoms with van der Waals surface area (Å²) in [6.45, 7) is 0.765. The van der Waals surface area contributed by atoms with Gasteiger partial charge in [-0.1, -0.05) is 12.5 Å². The number of carbonyl (C=O) groups excluding carboxylic acids is 1. The van der Waals surface area contributed by atoms with Crippen LogP contribution in [0.3, 0.4) is 0 Å². The van der Waals surface area contributed by atoms with E-state index in [0.717, 1.165) is 50.8 Å². The first-order valence-electron chi connectivity index (χ1n) is 8.26. The van der Waals surface area contributed by atoms with E-state index in [1.165, 1.54) is 0 Å². The molecule has 2 fully saturated rings. The number of amides is 1. The van der Waals surface area contributed by atoms with Gasteiger partial charge in [0.15, 0.2) is 0 Å². The van der Waals surface area contributed by atoms with Crippen LogP contribution in [0.1, 0.15) is 49.3 Å². The van der Waals surface area contributed by atoms with Crippen molar-refractivity contribution in [3.05, 3.63) is 35.1 Å². The van der Waals surface area contributed by atoms with Crippen molar-refractivity contribution in [2.24, 2.45) is 5.92 Å². The van der Waals surface area contributed by atoms with Gasteiger partial charge in [0.05, 0.1) is 17.6 Å². The maximum absolute atomic E-state index is 14.2. The number of piperidine rings is 1. The Labute approximate surface area is 150 Å². The molecule has 0 spiro atoms. The molecule has 1 amide bonds.